The second-order valence-electron chi connectivity index (χ2n) is 6.15. The number of amides is 1. The van der Waals surface area contributed by atoms with Gasteiger partial charge < -0.3 is 5.32 Å². The molecule has 27 heavy (non-hydrogen) atoms. The number of rotatable bonds is 2. The van der Waals surface area contributed by atoms with Gasteiger partial charge in [0.2, 0.25) is 0 Å². The fraction of sp³-hybridized carbons (Fsp3) is 0. The van der Waals surface area contributed by atoms with Crippen LogP contribution in [0.3, 0.4) is 0 Å². The molecule has 0 atom stereocenters. The first kappa shape index (κ1) is 15.3. The van der Waals surface area contributed by atoms with Crippen LogP contribution in [0.2, 0.25) is 0 Å². The molecule has 1 N–H and O–H groups in total. The Labute approximate surface area is 153 Å². The van der Waals surface area contributed by atoms with Crippen LogP contribution in [-0.2, 0) is 0 Å². The average molecular weight is 352 g/mol. The van der Waals surface area contributed by atoms with E-state index >= 15 is 0 Å². The van der Waals surface area contributed by atoms with Crippen LogP contribution in [0.15, 0.2) is 67.1 Å². The molecule has 2 heterocycles. The molecule has 0 saturated carbocycles. The lowest BCUT2D eigenvalue weighted by molar-refractivity contribution is 0.102. The molecular weight excluding hydrogens is 340 g/mol. The Morgan fingerprint density at radius 2 is 1.63 bits per heavy atom. The molecule has 5 rings (SSSR count). The van der Waals surface area contributed by atoms with Gasteiger partial charge in [-0.15, -0.1) is 0 Å². The Bertz CT molecular complexity index is 1240. The van der Waals surface area contributed by atoms with Crippen LogP contribution in [0.1, 0.15) is 26.3 Å². The van der Waals surface area contributed by atoms with E-state index in [1.165, 1.54) is 6.33 Å². The molecule has 1 aliphatic rings. The van der Waals surface area contributed by atoms with Crippen molar-refractivity contribution in [2.24, 2.45) is 0 Å². The molecule has 0 unspecified atom stereocenters. The van der Waals surface area contributed by atoms with E-state index in [1.807, 2.05) is 18.2 Å². The predicted octanol–water partition coefficient (Wildman–Crippen LogP) is 3.49. The first-order chi connectivity index (χ1) is 13.2. The van der Waals surface area contributed by atoms with Gasteiger partial charge in [-0.2, -0.15) is 0 Å². The summed E-state index contributed by atoms with van der Waals surface area (Å²) < 4.78 is 0. The second-order valence-corrected chi connectivity index (χ2v) is 6.15. The van der Waals surface area contributed by atoms with Crippen molar-refractivity contribution in [3.8, 4) is 11.3 Å². The van der Waals surface area contributed by atoms with Crippen LogP contribution in [0.25, 0.3) is 22.2 Å². The zero-order valence-electron chi connectivity index (χ0n) is 14.0. The molecule has 0 radical (unpaired) electrons. The van der Waals surface area contributed by atoms with Crippen molar-refractivity contribution in [3.05, 3.63) is 83.8 Å². The van der Waals surface area contributed by atoms with Gasteiger partial charge in [0.15, 0.2) is 5.78 Å². The van der Waals surface area contributed by atoms with Crippen LogP contribution >= 0.6 is 0 Å². The molecule has 128 valence electrons. The van der Waals surface area contributed by atoms with Gasteiger partial charge in [0.25, 0.3) is 5.91 Å². The number of anilines is 1. The molecule has 0 fully saturated rings. The normalized spacial score (nSPS) is 11.9. The molecule has 0 aliphatic heterocycles. The van der Waals surface area contributed by atoms with E-state index < -0.39 is 0 Å². The molecule has 2 aromatic heterocycles. The molecule has 0 spiro atoms. The molecule has 1 aliphatic carbocycles. The Morgan fingerprint density at radius 1 is 0.815 bits per heavy atom. The standard InChI is InChI=1S/C21H12N4O2/c26-20-13-6-2-1-5-12(13)18-17-14(20)8-9-15(19(17)24-11-23-18)21(27)25-16-7-3-4-10-22-16/h1-11H,(H,22,25,27). The van der Waals surface area contributed by atoms with Gasteiger partial charge in [-0.1, -0.05) is 30.3 Å². The van der Waals surface area contributed by atoms with Crippen LogP contribution in [-0.4, -0.2) is 26.6 Å². The second kappa shape index (κ2) is 5.81. The summed E-state index contributed by atoms with van der Waals surface area (Å²) >= 11 is 0. The average Bonchev–Trinajstić information content (AvgIpc) is 2.72. The lowest BCUT2D eigenvalue weighted by Gasteiger charge is -2.19. The number of nitrogens with one attached hydrogen (secondary N) is 1. The zero-order chi connectivity index (χ0) is 18.4. The number of ketones is 1. The number of pyridine rings is 1. The minimum Gasteiger partial charge on any atom is -0.306 e. The highest BCUT2D eigenvalue weighted by molar-refractivity contribution is 6.27. The summed E-state index contributed by atoms with van der Waals surface area (Å²) in [4.78, 5) is 38.5. The van der Waals surface area contributed by atoms with E-state index in [0.717, 1.165) is 5.56 Å². The molecule has 2 aromatic carbocycles. The van der Waals surface area contributed by atoms with Crippen molar-refractivity contribution in [2.75, 3.05) is 5.32 Å². The molecule has 4 aromatic rings. The van der Waals surface area contributed by atoms with Gasteiger partial charge in [-0.05, 0) is 24.3 Å². The van der Waals surface area contributed by atoms with Gasteiger partial charge in [-0.3, -0.25) is 9.59 Å². The van der Waals surface area contributed by atoms with Crippen molar-refractivity contribution < 1.29 is 9.59 Å². The van der Waals surface area contributed by atoms with Crippen LogP contribution in [0, 0.1) is 0 Å². The summed E-state index contributed by atoms with van der Waals surface area (Å²) in [5, 5.41) is 3.37. The Hall–Kier alpha value is -3.93. The molecule has 0 saturated heterocycles. The van der Waals surface area contributed by atoms with Crippen LogP contribution < -0.4 is 5.32 Å². The van der Waals surface area contributed by atoms with Gasteiger partial charge in [0.1, 0.15) is 12.1 Å². The minimum atomic E-state index is -0.337. The Morgan fingerprint density at radius 3 is 2.44 bits per heavy atom. The number of fused-ring (bicyclic) bond motifs is 2. The summed E-state index contributed by atoms with van der Waals surface area (Å²) in [6.45, 7) is 0. The highest BCUT2D eigenvalue weighted by Gasteiger charge is 2.28. The van der Waals surface area contributed by atoms with E-state index in [9.17, 15) is 9.59 Å². The van der Waals surface area contributed by atoms with Crippen molar-refractivity contribution in [1.29, 1.82) is 0 Å². The summed E-state index contributed by atoms with van der Waals surface area (Å²) in [6.07, 6.45) is 3.02. The van der Waals surface area contributed by atoms with Crippen molar-refractivity contribution in [1.82, 2.24) is 15.0 Å². The number of hydrogen-bond donors (Lipinski definition) is 1. The van der Waals surface area contributed by atoms with Gasteiger partial charge in [-0.25, -0.2) is 15.0 Å². The molecule has 6 heteroatoms. The fourth-order valence-corrected chi connectivity index (χ4v) is 3.40. The maximum atomic E-state index is 12.9. The third-order valence-electron chi connectivity index (χ3n) is 4.61. The zero-order valence-corrected chi connectivity index (χ0v) is 14.0. The number of nitrogens with zero attached hydrogens (tertiary/aromatic N) is 3. The molecular formula is C21H12N4O2. The first-order valence-corrected chi connectivity index (χ1v) is 8.38. The summed E-state index contributed by atoms with van der Waals surface area (Å²) in [7, 11) is 0. The van der Waals surface area contributed by atoms with E-state index in [4.69, 9.17) is 0 Å². The highest BCUT2D eigenvalue weighted by Crippen LogP contribution is 2.38. The molecule has 6 nitrogen and oxygen atoms in total. The SMILES string of the molecule is O=C(Nc1ccccn1)c1ccc2c3c(ncnc13)-c1ccccc1C2=O. The van der Waals surface area contributed by atoms with Crippen LogP contribution in [0.5, 0.6) is 0 Å². The van der Waals surface area contributed by atoms with Gasteiger partial charge in [0.05, 0.1) is 16.8 Å². The number of hydrogen-bond acceptors (Lipinski definition) is 5. The summed E-state index contributed by atoms with van der Waals surface area (Å²) in [5.74, 6) is 0.0216. The predicted molar refractivity (Wildman–Crippen MR) is 101 cm³/mol. The van der Waals surface area contributed by atoms with Crippen molar-refractivity contribution >= 4 is 28.4 Å². The maximum absolute atomic E-state index is 12.9. The van der Waals surface area contributed by atoms with E-state index in [2.05, 4.69) is 20.3 Å². The van der Waals surface area contributed by atoms with Crippen molar-refractivity contribution in [3.63, 3.8) is 0 Å². The minimum absolute atomic E-state index is 0.0883. The highest BCUT2D eigenvalue weighted by atomic mass is 16.1. The van der Waals surface area contributed by atoms with E-state index in [0.29, 0.717) is 39.1 Å². The summed E-state index contributed by atoms with van der Waals surface area (Å²) in [6, 6.07) is 15.9. The smallest absolute Gasteiger partial charge is 0.259 e. The van der Waals surface area contributed by atoms with Gasteiger partial charge >= 0.3 is 0 Å². The lowest BCUT2D eigenvalue weighted by atomic mass is 9.86. The lowest BCUT2D eigenvalue weighted by Crippen LogP contribution is -2.17. The third kappa shape index (κ3) is 2.31. The van der Waals surface area contributed by atoms with Crippen molar-refractivity contribution in [2.45, 2.75) is 0 Å². The van der Waals surface area contributed by atoms with E-state index in [1.54, 1.807) is 42.6 Å². The number of aromatic nitrogens is 3. The summed E-state index contributed by atoms with van der Waals surface area (Å²) in [5.41, 5.74) is 3.36. The monoisotopic (exact) mass is 352 g/mol. The number of benzene rings is 2. The number of carbonyl (C=O) groups excluding carboxylic acids is 2. The third-order valence-corrected chi connectivity index (χ3v) is 4.61. The fourth-order valence-electron chi connectivity index (χ4n) is 3.40. The Kier molecular flexibility index (Phi) is 3.30. The quantitative estimate of drug-likeness (QED) is 0.526. The van der Waals surface area contributed by atoms with E-state index in [-0.39, 0.29) is 11.7 Å². The largest absolute Gasteiger partial charge is 0.306 e. The maximum Gasteiger partial charge on any atom is 0.259 e. The van der Waals surface area contributed by atoms with Gasteiger partial charge in [0, 0.05) is 28.3 Å². The van der Waals surface area contributed by atoms with Crippen LogP contribution in [0.4, 0.5) is 5.82 Å². The molecule has 0 bridgehead atoms. The first-order valence-electron chi connectivity index (χ1n) is 8.38. The topological polar surface area (TPSA) is 84.8 Å². The number of carbonyl (C=O) groups is 2. The molecule has 1 amide bonds. The Balaban J connectivity index is 1.71.